The third-order valence-electron chi connectivity index (χ3n) is 3.29. The molecular formula is C15H19NO2S. The summed E-state index contributed by atoms with van der Waals surface area (Å²) >= 11 is 1.82. The van der Waals surface area contributed by atoms with Crippen LogP contribution in [0.4, 0.5) is 0 Å². The van der Waals surface area contributed by atoms with Gasteiger partial charge < -0.3 is 10.4 Å². The van der Waals surface area contributed by atoms with Crippen molar-refractivity contribution < 1.29 is 9.90 Å². The summed E-state index contributed by atoms with van der Waals surface area (Å²) in [4.78, 5) is 11.8. The number of carboxylic acids is 1. The zero-order valence-electron chi connectivity index (χ0n) is 11.3. The number of nitrogens with one attached hydrogen (secondary N) is 1. The van der Waals surface area contributed by atoms with E-state index in [4.69, 9.17) is 5.11 Å². The van der Waals surface area contributed by atoms with Gasteiger partial charge in [0.05, 0.1) is 0 Å². The van der Waals surface area contributed by atoms with Gasteiger partial charge in [-0.05, 0) is 43.8 Å². The Morgan fingerprint density at radius 3 is 2.84 bits per heavy atom. The second-order valence-electron chi connectivity index (χ2n) is 4.76. The molecule has 0 saturated carbocycles. The molecule has 1 aromatic heterocycles. The van der Waals surface area contributed by atoms with Crippen LogP contribution in [-0.2, 0) is 4.79 Å². The van der Waals surface area contributed by atoms with Gasteiger partial charge in [0, 0.05) is 22.0 Å². The Morgan fingerprint density at radius 1 is 1.42 bits per heavy atom. The number of aliphatic carboxylic acids is 1. The summed E-state index contributed by atoms with van der Waals surface area (Å²) in [6.07, 6.45) is 0.898. The van der Waals surface area contributed by atoms with E-state index in [1.807, 2.05) is 11.3 Å². The number of hydrogen-bond acceptors (Lipinski definition) is 3. The number of carboxylic acid groups (broad SMARTS) is 1. The summed E-state index contributed by atoms with van der Waals surface area (Å²) in [5.41, 5.74) is 1.33. The fraction of sp³-hybridized carbons (Fsp3) is 0.400. The molecule has 3 nitrogen and oxygen atoms in total. The Kier molecular flexibility index (Phi) is 4.56. The van der Waals surface area contributed by atoms with E-state index in [-0.39, 0.29) is 12.5 Å². The highest BCUT2D eigenvalue weighted by Gasteiger charge is 2.13. The molecule has 0 radical (unpaired) electrons. The van der Waals surface area contributed by atoms with Gasteiger partial charge in [-0.15, -0.1) is 11.3 Å². The summed E-state index contributed by atoms with van der Waals surface area (Å²) in [5.74, 6) is -0.729. The molecule has 0 saturated heterocycles. The molecule has 102 valence electrons. The molecule has 2 N–H and O–H groups in total. The van der Waals surface area contributed by atoms with Crippen LogP contribution >= 0.6 is 11.3 Å². The van der Waals surface area contributed by atoms with Crippen molar-refractivity contribution in [2.24, 2.45) is 0 Å². The van der Waals surface area contributed by atoms with Crippen molar-refractivity contribution in [2.45, 2.75) is 32.7 Å². The normalized spacial score (nSPS) is 12.7. The summed E-state index contributed by atoms with van der Waals surface area (Å²) < 4.78 is 1.31. The minimum atomic E-state index is -0.729. The molecule has 2 rings (SSSR count). The molecule has 1 heterocycles. The van der Waals surface area contributed by atoms with Crippen molar-refractivity contribution in [2.75, 3.05) is 6.54 Å². The largest absolute Gasteiger partial charge is 0.481 e. The van der Waals surface area contributed by atoms with Gasteiger partial charge in [0.1, 0.15) is 0 Å². The highest BCUT2D eigenvalue weighted by Crippen LogP contribution is 2.34. The molecule has 0 bridgehead atoms. The van der Waals surface area contributed by atoms with Crippen LogP contribution < -0.4 is 5.32 Å². The smallest absolute Gasteiger partial charge is 0.303 e. The maximum Gasteiger partial charge on any atom is 0.303 e. The zero-order valence-corrected chi connectivity index (χ0v) is 12.1. The second kappa shape index (κ2) is 6.17. The molecule has 0 aliphatic heterocycles. The molecule has 1 unspecified atom stereocenters. The lowest BCUT2D eigenvalue weighted by Crippen LogP contribution is -2.20. The minimum absolute atomic E-state index is 0.227. The third-order valence-corrected chi connectivity index (χ3v) is 4.75. The van der Waals surface area contributed by atoms with Crippen molar-refractivity contribution in [1.29, 1.82) is 0 Å². The van der Waals surface area contributed by atoms with E-state index in [0.29, 0.717) is 6.42 Å². The molecule has 0 spiro atoms. The number of fused-ring (bicyclic) bond motifs is 1. The van der Waals surface area contributed by atoms with E-state index >= 15 is 0 Å². The molecular weight excluding hydrogens is 258 g/mol. The monoisotopic (exact) mass is 277 g/mol. The molecule has 1 atom stereocenters. The van der Waals surface area contributed by atoms with Gasteiger partial charge in [-0.1, -0.05) is 18.2 Å². The van der Waals surface area contributed by atoms with E-state index in [1.165, 1.54) is 20.5 Å². The highest BCUT2D eigenvalue weighted by molar-refractivity contribution is 7.19. The van der Waals surface area contributed by atoms with Crippen LogP contribution in [0.15, 0.2) is 24.3 Å². The first-order chi connectivity index (χ1) is 9.09. The lowest BCUT2D eigenvalue weighted by atomic mass is 10.1. The van der Waals surface area contributed by atoms with Crippen molar-refractivity contribution in [3.63, 3.8) is 0 Å². The number of thiophene rings is 1. The summed E-state index contributed by atoms with van der Waals surface area (Å²) in [5, 5.41) is 13.3. The van der Waals surface area contributed by atoms with Crippen LogP contribution in [0.2, 0.25) is 0 Å². The Bertz CT molecular complexity index is 577. The van der Waals surface area contributed by atoms with E-state index in [9.17, 15) is 4.79 Å². The Labute approximate surface area is 117 Å². The third kappa shape index (κ3) is 3.33. The molecule has 0 fully saturated rings. The van der Waals surface area contributed by atoms with Crippen LogP contribution in [0.25, 0.3) is 10.1 Å². The molecule has 19 heavy (non-hydrogen) atoms. The Morgan fingerprint density at radius 2 is 2.16 bits per heavy atom. The van der Waals surface area contributed by atoms with Crippen molar-refractivity contribution in [3.05, 3.63) is 34.7 Å². The molecule has 4 heteroatoms. The van der Waals surface area contributed by atoms with Gasteiger partial charge >= 0.3 is 5.97 Å². The van der Waals surface area contributed by atoms with Gasteiger partial charge in [-0.2, -0.15) is 0 Å². The fourth-order valence-electron chi connectivity index (χ4n) is 2.26. The maximum absolute atomic E-state index is 10.5. The first-order valence-corrected chi connectivity index (χ1v) is 7.34. The van der Waals surface area contributed by atoms with Gasteiger partial charge in [0.2, 0.25) is 0 Å². The predicted octanol–water partition coefficient (Wildman–Crippen LogP) is 3.73. The highest BCUT2D eigenvalue weighted by atomic mass is 32.1. The lowest BCUT2D eigenvalue weighted by Gasteiger charge is -2.12. The maximum atomic E-state index is 10.5. The first kappa shape index (κ1) is 14.0. The van der Waals surface area contributed by atoms with Gasteiger partial charge in [-0.25, -0.2) is 0 Å². The number of benzene rings is 1. The van der Waals surface area contributed by atoms with E-state index in [2.05, 4.69) is 43.4 Å². The number of hydrogen-bond donors (Lipinski definition) is 2. The summed E-state index contributed by atoms with van der Waals surface area (Å²) in [6, 6.07) is 8.70. The van der Waals surface area contributed by atoms with Crippen LogP contribution in [-0.4, -0.2) is 17.6 Å². The average molecular weight is 277 g/mol. The van der Waals surface area contributed by atoms with E-state index in [1.54, 1.807) is 0 Å². The first-order valence-electron chi connectivity index (χ1n) is 6.53. The van der Waals surface area contributed by atoms with Gasteiger partial charge in [-0.3, -0.25) is 4.79 Å². The average Bonchev–Trinajstić information content (AvgIpc) is 2.72. The molecule has 1 aromatic carbocycles. The zero-order chi connectivity index (χ0) is 13.8. The van der Waals surface area contributed by atoms with Gasteiger partial charge in [0.15, 0.2) is 0 Å². The Balaban J connectivity index is 2.03. The minimum Gasteiger partial charge on any atom is -0.481 e. The molecule has 2 aromatic rings. The van der Waals surface area contributed by atoms with Crippen LogP contribution in [0.1, 0.15) is 36.2 Å². The standard InChI is InChI=1S/C15H19NO2S/c1-10-12-6-3-4-7-13(12)19-15(10)11(2)16-9-5-8-14(17)18/h3-4,6-7,11,16H,5,8-9H2,1-2H3,(H,17,18). The predicted molar refractivity (Wildman–Crippen MR) is 79.8 cm³/mol. The SMILES string of the molecule is Cc1c(C(C)NCCCC(=O)O)sc2ccccc12. The van der Waals surface area contributed by atoms with Crippen LogP contribution in [0, 0.1) is 6.92 Å². The summed E-state index contributed by atoms with van der Waals surface area (Å²) in [7, 11) is 0. The lowest BCUT2D eigenvalue weighted by molar-refractivity contribution is -0.137. The van der Waals surface area contributed by atoms with E-state index < -0.39 is 5.97 Å². The van der Waals surface area contributed by atoms with Crippen LogP contribution in [0.5, 0.6) is 0 Å². The number of aryl methyl sites for hydroxylation is 1. The van der Waals surface area contributed by atoms with Crippen LogP contribution in [0.3, 0.4) is 0 Å². The Hall–Kier alpha value is -1.39. The topological polar surface area (TPSA) is 49.3 Å². The fourth-order valence-corrected chi connectivity index (χ4v) is 3.49. The van der Waals surface area contributed by atoms with Crippen molar-refractivity contribution in [3.8, 4) is 0 Å². The van der Waals surface area contributed by atoms with E-state index in [0.717, 1.165) is 6.54 Å². The molecule has 0 aliphatic carbocycles. The van der Waals surface area contributed by atoms with Crippen molar-refractivity contribution in [1.82, 2.24) is 5.32 Å². The second-order valence-corrected chi connectivity index (χ2v) is 5.84. The number of rotatable bonds is 6. The quantitative estimate of drug-likeness (QED) is 0.791. The number of carbonyl (C=O) groups is 1. The molecule has 0 amide bonds. The van der Waals surface area contributed by atoms with Crippen molar-refractivity contribution >= 4 is 27.4 Å². The summed E-state index contributed by atoms with van der Waals surface area (Å²) in [6.45, 7) is 5.03. The molecule has 0 aliphatic rings. The van der Waals surface area contributed by atoms with Gasteiger partial charge in [0.25, 0.3) is 0 Å².